The van der Waals surface area contributed by atoms with E-state index in [4.69, 9.17) is 13.7 Å². The van der Waals surface area contributed by atoms with Gasteiger partial charge in [-0.3, -0.25) is 13.8 Å². The summed E-state index contributed by atoms with van der Waals surface area (Å²) in [6, 6.07) is 0. The predicted molar refractivity (Wildman–Crippen MR) is 99.2 cm³/mol. The molecule has 2 bridgehead atoms. The minimum absolute atomic E-state index is 0.121. The van der Waals surface area contributed by atoms with Gasteiger partial charge in [-0.15, -0.1) is 0 Å². The quantitative estimate of drug-likeness (QED) is 0.282. The van der Waals surface area contributed by atoms with Crippen LogP contribution in [0.3, 0.4) is 0 Å². The molecule has 6 atom stereocenters. The molecule has 1 heterocycles. The third-order valence-electron chi connectivity index (χ3n) is 6.30. The van der Waals surface area contributed by atoms with E-state index in [1.165, 1.54) is 6.92 Å². The summed E-state index contributed by atoms with van der Waals surface area (Å²) >= 11 is 0. The summed E-state index contributed by atoms with van der Waals surface area (Å²) in [6.45, 7) is 1.77. The Morgan fingerprint density at radius 3 is 2.39 bits per heavy atom. The van der Waals surface area contributed by atoms with Crippen molar-refractivity contribution in [2.24, 2.45) is 17.3 Å². The minimum atomic E-state index is -3.64. The minimum Gasteiger partial charge on any atom is -0.459 e. The molecule has 0 spiro atoms. The van der Waals surface area contributed by atoms with Gasteiger partial charge in [-0.1, -0.05) is 6.92 Å². The smallest absolute Gasteiger partial charge is 0.344 e. The number of hydrogen-bond acceptors (Lipinski definition) is 9. The van der Waals surface area contributed by atoms with Gasteiger partial charge in [-0.25, -0.2) is 13.6 Å². The Labute approximate surface area is 178 Å². The maximum Gasteiger partial charge on any atom is 0.344 e. The van der Waals surface area contributed by atoms with Gasteiger partial charge in [0.05, 0.1) is 17.1 Å². The van der Waals surface area contributed by atoms with Crippen molar-refractivity contribution in [3.05, 3.63) is 0 Å². The molecule has 3 fully saturated rings. The van der Waals surface area contributed by atoms with Gasteiger partial charge >= 0.3 is 17.9 Å². The number of ether oxygens (including phenoxy) is 3. The molecule has 176 valence electrons. The highest BCUT2D eigenvalue weighted by molar-refractivity contribution is 7.87. The molecule has 0 aromatic rings. The van der Waals surface area contributed by atoms with E-state index in [1.807, 2.05) is 0 Å². The molecule has 2 saturated carbocycles. The summed E-state index contributed by atoms with van der Waals surface area (Å²) in [6.07, 6.45) is -0.809. The van der Waals surface area contributed by atoms with Crippen LogP contribution in [-0.4, -0.2) is 62.9 Å². The highest BCUT2D eigenvalue weighted by Crippen LogP contribution is 2.55. The Bertz CT molecular complexity index is 853. The van der Waals surface area contributed by atoms with Gasteiger partial charge in [0.25, 0.3) is 16.0 Å². The lowest BCUT2D eigenvalue weighted by Crippen LogP contribution is -2.39. The summed E-state index contributed by atoms with van der Waals surface area (Å²) in [5.74, 6) is -6.22. The molecule has 3 rings (SSSR count). The molecule has 0 amide bonds. The van der Waals surface area contributed by atoms with E-state index in [-0.39, 0.29) is 18.3 Å². The summed E-state index contributed by atoms with van der Waals surface area (Å²) in [7, 11) is -3.64. The fourth-order valence-corrected chi connectivity index (χ4v) is 6.33. The zero-order valence-electron chi connectivity index (χ0n) is 17.5. The lowest BCUT2D eigenvalue weighted by Gasteiger charge is -2.26. The molecule has 9 nitrogen and oxygen atoms in total. The Morgan fingerprint density at radius 2 is 1.77 bits per heavy atom. The van der Waals surface area contributed by atoms with Crippen LogP contribution in [0, 0.1) is 17.3 Å². The van der Waals surface area contributed by atoms with E-state index in [9.17, 15) is 31.6 Å². The highest BCUT2D eigenvalue weighted by Gasteiger charge is 2.65. The molecular weight excluding hydrogens is 442 g/mol. The first-order chi connectivity index (χ1) is 14.3. The SMILES string of the molecule is CCC(C)(CC(=O)OCC(C)(F)F)C(=O)OCC(=O)OC1C2CC3C1OS(=O)(=O)C3C2. The van der Waals surface area contributed by atoms with Crippen LogP contribution in [0.4, 0.5) is 8.78 Å². The van der Waals surface area contributed by atoms with Crippen LogP contribution in [0.25, 0.3) is 0 Å². The van der Waals surface area contributed by atoms with Gasteiger partial charge in [0.2, 0.25) is 0 Å². The van der Waals surface area contributed by atoms with Gasteiger partial charge in [-0.2, -0.15) is 8.42 Å². The van der Waals surface area contributed by atoms with Crippen LogP contribution in [0.15, 0.2) is 0 Å². The maximum atomic E-state index is 12.8. The third-order valence-corrected chi connectivity index (χ3v) is 8.07. The van der Waals surface area contributed by atoms with Crippen LogP contribution in [0.2, 0.25) is 0 Å². The molecule has 31 heavy (non-hydrogen) atoms. The molecule has 3 aliphatic rings. The van der Waals surface area contributed by atoms with Gasteiger partial charge < -0.3 is 14.2 Å². The molecule has 1 saturated heterocycles. The second-order valence-electron chi connectivity index (χ2n) is 8.84. The van der Waals surface area contributed by atoms with Crippen molar-refractivity contribution in [3.8, 4) is 0 Å². The van der Waals surface area contributed by atoms with E-state index in [1.54, 1.807) is 6.92 Å². The number of esters is 3. The largest absolute Gasteiger partial charge is 0.459 e. The molecule has 2 aliphatic carbocycles. The number of rotatable bonds is 9. The zero-order chi connectivity index (χ0) is 23.2. The molecule has 0 aromatic heterocycles. The number of hydrogen-bond donors (Lipinski definition) is 0. The first-order valence-electron chi connectivity index (χ1n) is 10.1. The monoisotopic (exact) mass is 468 g/mol. The first kappa shape index (κ1) is 23.8. The lowest BCUT2D eigenvalue weighted by molar-refractivity contribution is -0.174. The Morgan fingerprint density at radius 1 is 1.10 bits per heavy atom. The Balaban J connectivity index is 1.49. The van der Waals surface area contributed by atoms with E-state index >= 15 is 0 Å². The first-order valence-corrected chi connectivity index (χ1v) is 11.5. The van der Waals surface area contributed by atoms with Crippen LogP contribution in [-0.2, 0) is 42.9 Å². The summed E-state index contributed by atoms with van der Waals surface area (Å²) in [4.78, 5) is 36.4. The molecule has 12 heteroatoms. The number of fused-ring (bicyclic) bond motifs is 1. The van der Waals surface area contributed by atoms with E-state index < -0.39 is 76.5 Å². The molecule has 0 radical (unpaired) electrons. The zero-order valence-corrected chi connectivity index (χ0v) is 18.3. The Hall–Kier alpha value is -1.82. The number of alkyl halides is 2. The highest BCUT2D eigenvalue weighted by atomic mass is 32.2. The standard InChI is InChI=1S/C19H26F2O9S/c1-4-18(2,7-13(22)28-9-19(3,20)21)17(24)27-8-14(23)29-15-10-5-11-12(6-10)31(25,26)30-16(11)15/h10-12,15-16H,4-9H2,1-3H3. The van der Waals surface area contributed by atoms with Gasteiger partial charge in [0.15, 0.2) is 13.2 Å². The fraction of sp³-hybridized carbons (Fsp3) is 0.842. The number of carbonyl (C=O) groups excluding carboxylic acids is 3. The van der Waals surface area contributed by atoms with Crippen LogP contribution in [0.1, 0.15) is 46.5 Å². The van der Waals surface area contributed by atoms with Crippen LogP contribution >= 0.6 is 0 Å². The Kier molecular flexibility index (Phi) is 6.36. The predicted octanol–water partition coefficient (Wildman–Crippen LogP) is 1.58. The number of halogens is 2. The van der Waals surface area contributed by atoms with Gasteiger partial charge in [-0.05, 0) is 26.2 Å². The fourth-order valence-electron chi connectivity index (χ4n) is 4.45. The van der Waals surface area contributed by atoms with Crippen molar-refractivity contribution >= 4 is 28.0 Å². The average molecular weight is 468 g/mol. The van der Waals surface area contributed by atoms with E-state index in [2.05, 4.69) is 4.74 Å². The van der Waals surface area contributed by atoms with Gasteiger partial charge in [0, 0.05) is 18.8 Å². The average Bonchev–Trinajstić information content (AvgIpc) is 3.28. The van der Waals surface area contributed by atoms with Crippen LogP contribution < -0.4 is 0 Å². The molecular formula is C19H26F2O9S. The topological polar surface area (TPSA) is 122 Å². The van der Waals surface area contributed by atoms with E-state index in [0.717, 1.165) is 0 Å². The molecule has 6 unspecified atom stereocenters. The van der Waals surface area contributed by atoms with Crippen molar-refractivity contribution in [2.75, 3.05) is 13.2 Å². The lowest BCUT2D eigenvalue weighted by atomic mass is 9.84. The number of carbonyl (C=O) groups is 3. The maximum absolute atomic E-state index is 12.8. The normalized spacial score (nSPS) is 32.4. The molecule has 1 aliphatic heterocycles. The van der Waals surface area contributed by atoms with Crippen molar-refractivity contribution in [1.29, 1.82) is 0 Å². The molecule has 0 aromatic carbocycles. The van der Waals surface area contributed by atoms with Crippen molar-refractivity contribution in [1.82, 2.24) is 0 Å². The summed E-state index contributed by atoms with van der Waals surface area (Å²) in [5, 5.41) is -0.548. The summed E-state index contributed by atoms with van der Waals surface area (Å²) < 4.78 is 69.5. The second-order valence-corrected chi connectivity index (χ2v) is 10.6. The van der Waals surface area contributed by atoms with Gasteiger partial charge in [0.1, 0.15) is 12.2 Å². The van der Waals surface area contributed by atoms with Crippen molar-refractivity contribution < 1.29 is 50.0 Å². The molecule has 0 N–H and O–H groups in total. The second kappa shape index (κ2) is 8.27. The van der Waals surface area contributed by atoms with E-state index in [0.29, 0.717) is 19.8 Å². The summed E-state index contributed by atoms with van der Waals surface area (Å²) in [5.41, 5.74) is -1.37. The third kappa shape index (κ3) is 5.00. The van der Waals surface area contributed by atoms with Crippen molar-refractivity contribution in [2.45, 2.75) is 69.8 Å². The van der Waals surface area contributed by atoms with Crippen molar-refractivity contribution in [3.63, 3.8) is 0 Å². The van der Waals surface area contributed by atoms with Crippen LogP contribution in [0.5, 0.6) is 0 Å².